The molecule has 1 N–H and O–H groups in total. The highest BCUT2D eigenvalue weighted by Gasteiger charge is 2.18. The Balaban J connectivity index is 2.16. The van der Waals surface area contributed by atoms with Crippen LogP contribution in [0.1, 0.15) is 35.2 Å². The Bertz CT molecular complexity index is 525. The highest BCUT2D eigenvalue weighted by Crippen LogP contribution is 2.19. The topological polar surface area (TPSA) is 40.5 Å². The molecule has 0 aromatic heterocycles. The van der Waals surface area contributed by atoms with E-state index in [0.29, 0.717) is 16.1 Å². The molecule has 1 saturated heterocycles. The molecule has 2 rings (SSSR count). The van der Waals surface area contributed by atoms with Crippen LogP contribution in [0.3, 0.4) is 0 Å². The number of aliphatic hydroxyl groups excluding tert-OH is 1. The highest BCUT2D eigenvalue weighted by atomic mass is 35.5. The van der Waals surface area contributed by atoms with Crippen LogP contribution >= 0.6 is 11.6 Å². The molecule has 0 bridgehead atoms. The molecule has 1 aliphatic heterocycles. The van der Waals surface area contributed by atoms with Crippen LogP contribution in [0.25, 0.3) is 0 Å². The summed E-state index contributed by atoms with van der Waals surface area (Å²) in [5.74, 6) is 5.33. The minimum absolute atomic E-state index is 0.0308. The third-order valence-corrected chi connectivity index (χ3v) is 3.47. The lowest BCUT2D eigenvalue weighted by molar-refractivity contribution is 0.0724. The van der Waals surface area contributed by atoms with E-state index in [0.717, 1.165) is 25.9 Å². The number of aliphatic hydroxyl groups is 1. The molecule has 1 amide bonds. The van der Waals surface area contributed by atoms with E-state index < -0.39 is 0 Å². The molecule has 0 saturated carbocycles. The van der Waals surface area contributed by atoms with E-state index in [2.05, 4.69) is 11.8 Å². The summed E-state index contributed by atoms with van der Waals surface area (Å²) in [7, 11) is 0. The van der Waals surface area contributed by atoms with Crippen LogP contribution in [0.5, 0.6) is 0 Å². The zero-order valence-electron chi connectivity index (χ0n) is 10.7. The second-order valence-electron chi connectivity index (χ2n) is 4.51. The minimum Gasteiger partial charge on any atom is -0.384 e. The molecule has 0 radical (unpaired) electrons. The van der Waals surface area contributed by atoms with Crippen LogP contribution in [0.15, 0.2) is 18.2 Å². The van der Waals surface area contributed by atoms with Crippen LogP contribution in [-0.4, -0.2) is 35.6 Å². The van der Waals surface area contributed by atoms with Crippen molar-refractivity contribution < 1.29 is 9.90 Å². The molecular weight excluding hydrogens is 262 g/mol. The van der Waals surface area contributed by atoms with Crippen molar-refractivity contribution in [1.29, 1.82) is 0 Å². The second-order valence-corrected chi connectivity index (χ2v) is 4.91. The normalized spacial score (nSPS) is 14.7. The molecule has 0 atom stereocenters. The summed E-state index contributed by atoms with van der Waals surface area (Å²) < 4.78 is 0. The zero-order chi connectivity index (χ0) is 13.7. The molecule has 1 fully saturated rings. The summed E-state index contributed by atoms with van der Waals surface area (Å²) in [4.78, 5) is 14.1. The third-order valence-electron chi connectivity index (χ3n) is 3.16. The van der Waals surface area contributed by atoms with Gasteiger partial charge in [-0.2, -0.15) is 0 Å². The summed E-state index contributed by atoms with van der Waals surface area (Å²) in [6.07, 6.45) is 3.33. The van der Waals surface area contributed by atoms with Gasteiger partial charge in [0.25, 0.3) is 5.91 Å². The second kappa shape index (κ2) is 6.60. The van der Waals surface area contributed by atoms with Crippen molar-refractivity contribution in [1.82, 2.24) is 4.90 Å². The fraction of sp³-hybridized carbons (Fsp3) is 0.400. The van der Waals surface area contributed by atoms with E-state index in [4.69, 9.17) is 16.7 Å². The number of halogens is 1. The SMILES string of the molecule is O=C(c1ccc(C#CCO)c(Cl)c1)N1CCCCC1. The molecule has 19 heavy (non-hydrogen) atoms. The third kappa shape index (κ3) is 3.50. The molecule has 3 nitrogen and oxygen atoms in total. The van der Waals surface area contributed by atoms with Gasteiger partial charge in [-0.25, -0.2) is 0 Å². The fourth-order valence-electron chi connectivity index (χ4n) is 2.16. The quantitative estimate of drug-likeness (QED) is 0.801. The maximum absolute atomic E-state index is 12.3. The first-order valence-corrected chi connectivity index (χ1v) is 6.78. The van der Waals surface area contributed by atoms with Gasteiger partial charge in [0.15, 0.2) is 0 Å². The van der Waals surface area contributed by atoms with Crippen molar-refractivity contribution in [3.63, 3.8) is 0 Å². The van der Waals surface area contributed by atoms with Gasteiger partial charge in [0.1, 0.15) is 6.61 Å². The zero-order valence-corrected chi connectivity index (χ0v) is 11.4. The predicted octanol–water partition coefficient (Wildman–Crippen LogP) is 2.31. The molecule has 100 valence electrons. The first kappa shape index (κ1) is 13.9. The van der Waals surface area contributed by atoms with Crippen LogP contribution in [0.2, 0.25) is 5.02 Å². The van der Waals surface area contributed by atoms with Gasteiger partial charge >= 0.3 is 0 Å². The highest BCUT2D eigenvalue weighted by molar-refractivity contribution is 6.32. The van der Waals surface area contributed by atoms with Crippen LogP contribution in [0, 0.1) is 11.8 Å². The average molecular weight is 278 g/mol. The standard InChI is InChI=1S/C15H16ClNO2/c16-14-11-13(7-6-12(14)5-4-10-18)15(19)17-8-2-1-3-9-17/h6-7,11,18H,1-3,8-10H2. The summed E-state index contributed by atoms with van der Waals surface area (Å²) in [6.45, 7) is 1.44. The smallest absolute Gasteiger partial charge is 0.253 e. The maximum atomic E-state index is 12.3. The van der Waals surface area contributed by atoms with E-state index in [1.54, 1.807) is 18.2 Å². The Labute approximate surface area is 118 Å². The number of likely N-dealkylation sites (tertiary alicyclic amines) is 1. The van der Waals surface area contributed by atoms with E-state index >= 15 is 0 Å². The first-order chi connectivity index (χ1) is 9.22. The number of benzene rings is 1. The molecule has 1 aromatic rings. The number of hydrogen-bond donors (Lipinski definition) is 1. The molecular formula is C15H16ClNO2. The number of rotatable bonds is 1. The molecule has 1 aliphatic rings. The Morgan fingerprint density at radius 3 is 2.68 bits per heavy atom. The molecule has 0 unspecified atom stereocenters. The van der Waals surface area contributed by atoms with Crippen molar-refractivity contribution in [2.24, 2.45) is 0 Å². The number of hydrogen-bond acceptors (Lipinski definition) is 2. The van der Waals surface area contributed by atoms with Gasteiger partial charge in [-0.3, -0.25) is 4.79 Å². The van der Waals surface area contributed by atoms with E-state index in [1.165, 1.54) is 6.42 Å². The van der Waals surface area contributed by atoms with Crippen molar-refractivity contribution in [3.05, 3.63) is 34.3 Å². The van der Waals surface area contributed by atoms with Gasteiger partial charge in [-0.05, 0) is 37.5 Å². The lowest BCUT2D eigenvalue weighted by Gasteiger charge is -2.26. The largest absolute Gasteiger partial charge is 0.384 e. The summed E-state index contributed by atoms with van der Waals surface area (Å²) in [5, 5.41) is 9.10. The van der Waals surface area contributed by atoms with Gasteiger partial charge in [0, 0.05) is 24.2 Å². The van der Waals surface area contributed by atoms with Crippen LogP contribution in [-0.2, 0) is 0 Å². The van der Waals surface area contributed by atoms with Gasteiger partial charge in [0.05, 0.1) is 5.02 Å². The van der Waals surface area contributed by atoms with Gasteiger partial charge in [-0.15, -0.1) is 0 Å². The fourth-order valence-corrected chi connectivity index (χ4v) is 2.39. The lowest BCUT2D eigenvalue weighted by atomic mass is 10.1. The van der Waals surface area contributed by atoms with Gasteiger partial charge in [-0.1, -0.05) is 23.4 Å². The summed E-state index contributed by atoms with van der Waals surface area (Å²) >= 11 is 6.09. The average Bonchev–Trinajstić information content (AvgIpc) is 2.46. The molecule has 0 spiro atoms. The number of piperidine rings is 1. The van der Waals surface area contributed by atoms with E-state index in [1.807, 2.05) is 4.90 Å². The Morgan fingerprint density at radius 2 is 2.05 bits per heavy atom. The van der Waals surface area contributed by atoms with E-state index in [9.17, 15) is 4.79 Å². The van der Waals surface area contributed by atoms with Crippen LogP contribution in [0.4, 0.5) is 0 Å². The Kier molecular flexibility index (Phi) is 4.84. The van der Waals surface area contributed by atoms with Crippen molar-refractivity contribution in [2.75, 3.05) is 19.7 Å². The maximum Gasteiger partial charge on any atom is 0.253 e. The Morgan fingerprint density at radius 1 is 1.32 bits per heavy atom. The molecule has 0 aliphatic carbocycles. The number of carbonyl (C=O) groups is 1. The van der Waals surface area contributed by atoms with Crippen molar-refractivity contribution in [2.45, 2.75) is 19.3 Å². The molecule has 4 heteroatoms. The number of nitrogens with zero attached hydrogens (tertiary/aromatic N) is 1. The first-order valence-electron chi connectivity index (χ1n) is 6.41. The number of amides is 1. The summed E-state index contributed by atoms with van der Waals surface area (Å²) in [5.41, 5.74) is 1.23. The van der Waals surface area contributed by atoms with E-state index in [-0.39, 0.29) is 12.5 Å². The van der Waals surface area contributed by atoms with Crippen molar-refractivity contribution in [3.8, 4) is 11.8 Å². The van der Waals surface area contributed by atoms with Gasteiger partial charge < -0.3 is 10.0 Å². The van der Waals surface area contributed by atoms with Gasteiger partial charge in [0.2, 0.25) is 0 Å². The number of carbonyl (C=O) groups excluding carboxylic acids is 1. The van der Waals surface area contributed by atoms with Crippen molar-refractivity contribution >= 4 is 17.5 Å². The van der Waals surface area contributed by atoms with Crippen LogP contribution < -0.4 is 0 Å². The predicted molar refractivity (Wildman–Crippen MR) is 75.2 cm³/mol. The summed E-state index contributed by atoms with van der Waals surface area (Å²) in [6, 6.07) is 5.12. The Hall–Kier alpha value is -1.50. The molecule has 1 heterocycles. The molecule has 1 aromatic carbocycles. The lowest BCUT2D eigenvalue weighted by Crippen LogP contribution is -2.35. The monoisotopic (exact) mass is 277 g/mol. The minimum atomic E-state index is -0.204.